The van der Waals surface area contributed by atoms with Crippen LogP contribution < -0.4 is 16.0 Å². The summed E-state index contributed by atoms with van der Waals surface area (Å²) < 4.78 is 58.1. The number of hydrogen-bond acceptors (Lipinski definition) is 7. The average Bonchev–Trinajstić information content (AvgIpc) is 3.13. The number of carboxylic acid groups (broad SMARTS) is 1. The molecule has 2 saturated heterocycles. The normalized spacial score (nSPS) is 28.2. The van der Waals surface area contributed by atoms with Crippen molar-refractivity contribution in [3.63, 3.8) is 0 Å². The van der Waals surface area contributed by atoms with Crippen molar-refractivity contribution in [2.45, 2.75) is 81.5 Å². The number of hydrogen-bond donors (Lipinski definition) is 6. The Balaban J connectivity index is 1.38. The highest BCUT2D eigenvalue weighted by atomic mass is 32.3. The molecule has 2 bridgehead atoms. The topological polar surface area (TPSA) is 143 Å². The first-order valence-corrected chi connectivity index (χ1v) is 17.3. The zero-order valence-electron chi connectivity index (χ0n) is 25.5. The van der Waals surface area contributed by atoms with Crippen LogP contribution in [0.1, 0.15) is 62.0 Å². The van der Waals surface area contributed by atoms with E-state index in [9.17, 15) is 28.2 Å². The lowest BCUT2D eigenvalue weighted by molar-refractivity contribution is -0.119. The van der Waals surface area contributed by atoms with E-state index in [0.29, 0.717) is 50.1 Å². The Labute approximate surface area is 264 Å². The predicted octanol–water partition coefficient (Wildman–Crippen LogP) is 5.56. The molecule has 3 aliphatic rings. The fraction of sp³-hybridized carbons (Fsp3) is 0.562. The molecule has 2 aromatic rings. The van der Waals surface area contributed by atoms with E-state index in [1.807, 2.05) is 0 Å². The number of benzene rings is 2. The summed E-state index contributed by atoms with van der Waals surface area (Å²) in [6, 6.07) is 8.83. The number of fused-ring (bicyclic) bond motifs is 2. The van der Waals surface area contributed by atoms with Crippen LogP contribution in [0, 0.1) is 17.6 Å². The second-order valence-corrected chi connectivity index (χ2v) is 14.5. The Hall–Kier alpha value is -2.81. The highest BCUT2D eigenvalue weighted by molar-refractivity contribution is 8.22. The lowest BCUT2D eigenvalue weighted by Gasteiger charge is -2.49. The van der Waals surface area contributed by atoms with Gasteiger partial charge in [-0.15, -0.1) is 10.8 Å². The minimum absolute atomic E-state index is 0.0765. The van der Waals surface area contributed by atoms with Gasteiger partial charge >= 0.3 is 6.09 Å². The maximum absolute atomic E-state index is 15.3. The standard InChI is InChI=1S/C32H44F2N4O6S/c1-44-25-14-9-21(10-15-25)29(20-7-11-22(33)12-8-20)30(37-32(40)41)31(39)36-28-6-2-5-27(34)26(28)16-13-24-18-35-23-4-3-17-45(42,43)38(24)19-23/h2,5-8,11-12,21,23-25,29-30,35,37,42-43H,3-4,9-10,13-19H2,1H3,(H,36,39)(H,40,41)/t21?,23-,24+,25?,29+,30+/m1/s1. The van der Waals surface area contributed by atoms with Crippen molar-refractivity contribution in [1.29, 1.82) is 0 Å². The number of carbonyl (C=O) groups is 2. The van der Waals surface area contributed by atoms with Crippen molar-refractivity contribution in [2.24, 2.45) is 5.92 Å². The number of nitrogens with one attached hydrogen (secondary N) is 3. The minimum Gasteiger partial charge on any atom is -0.465 e. The zero-order chi connectivity index (χ0) is 32.1. The van der Waals surface area contributed by atoms with Crippen LogP contribution in [0.5, 0.6) is 0 Å². The summed E-state index contributed by atoms with van der Waals surface area (Å²) in [4.78, 5) is 26.0. The molecule has 10 nitrogen and oxygen atoms in total. The fourth-order valence-corrected chi connectivity index (χ4v) is 9.15. The molecule has 3 fully saturated rings. The molecule has 1 unspecified atom stereocenters. The summed E-state index contributed by atoms with van der Waals surface area (Å²) in [7, 11) is -1.27. The van der Waals surface area contributed by atoms with Gasteiger partial charge in [-0.25, -0.2) is 17.9 Å². The number of ether oxygens (including phenoxy) is 1. The molecule has 2 heterocycles. The van der Waals surface area contributed by atoms with Crippen molar-refractivity contribution in [3.05, 3.63) is 65.2 Å². The maximum atomic E-state index is 15.3. The van der Waals surface area contributed by atoms with E-state index in [1.54, 1.807) is 29.6 Å². The average molecular weight is 651 g/mol. The molecule has 6 N–H and O–H groups in total. The smallest absolute Gasteiger partial charge is 0.405 e. The van der Waals surface area contributed by atoms with Crippen LogP contribution in [0.4, 0.5) is 19.3 Å². The Bertz CT molecular complexity index is 1330. The van der Waals surface area contributed by atoms with Gasteiger partial charge < -0.3 is 25.8 Å². The highest BCUT2D eigenvalue weighted by Gasteiger charge is 2.40. The number of piperazine rings is 1. The fourth-order valence-electron chi connectivity index (χ4n) is 7.28. The van der Waals surface area contributed by atoms with Gasteiger partial charge in [-0.1, -0.05) is 18.2 Å². The van der Waals surface area contributed by atoms with Crippen molar-refractivity contribution in [3.8, 4) is 0 Å². The Kier molecular flexibility index (Phi) is 11.0. The van der Waals surface area contributed by atoms with Crippen LogP contribution in [0.2, 0.25) is 0 Å². The summed E-state index contributed by atoms with van der Waals surface area (Å²) in [5.74, 6) is -1.99. The zero-order valence-corrected chi connectivity index (χ0v) is 26.3. The lowest BCUT2D eigenvalue weighted by Crippen LogP contribution is -2.55. The Morgan fingerprint density at radius 3 is 2.51 bits per heavy atom. The van der Waals surface area contributed by atoms with Gasteiger partial charge in [0, 0.05) is 49.5 Å². The van der Waals surface area contributed by atoms with Crippen LogP contribution in [-0.2, 0) is 16.0 Å². The Morgan fingerprint density at radius 2 is 1.82 bits per heavy atom. The first kappa shape index (κ1) is 33.6. The van der Waals surface area contributed by atoms with E-state index in [-0.39, 0.29) is 41.8 Å². The molecule has 2 amide bonds. The Morgan fingerprint density at radius 1 is 1.09 bits per heavy atom. The van der Waals surface area contributed by atoms with Crippen LogP contribution in [0.3, 0.4) is 0 Å². The van der Waals surface area contributed by atoms with Crippen LogP contribution >= 0.6 is 10.8 Å². The summed E-state index contributed by atoms with van der Waals surface area (Å²) in [6.07, 6.45) is 3.75. The maximum Gasteiger partial charge on any atom is 0.405 e. The first-order chi connectivity index (χ1) is 21.6. The summed E-state index contributed by atoms with van der Waals surface area (Å²) in [5.41, 5.74) is 1.11. The molecular weight excluding hydrogens is 606 g/mol. The molecule has 0 aromatic heterocycles. The number of amides is 2. The van der Waals surface area contributed by atoms with E-state index in [1.165, 1.54) is 24.3 Å². The molecule has 45 heavy (non-hydrogen) atoms. The van der Waals surface area contributed by atoms with E-state index in [4.69, 9.17) is 4.74 Å². The van der Waals surface area contributed by atoms with Crippen LogP contribution in [0.15, 0.2) is 42.5 Å². The number of anilines is 1. The molecule has 2 aromatic carbocycles. The monoisotopic (exact) mass is 650 g/mol. The third kappa shape index (κ3) is 8.13. The van der Waals surface area contributed by atoms with Gasteiger partial charge in [0.15, 0.2) is 0 Å². The quantitative estimate of drug-likeness (QED) is 0.196. The van der Waals surface area contributed by atoms with E-state index in [2.05, 4.69) is 16.0 Å². The van der Waals surface area contributed by atoms with Crippen molar-refractivity contribution in [1.82, 2.24) is 14.9 Å². The van der Waals surface area contributed by atoms with Crippen molar-refractivity contribution in [2.75, 3.05) is 31.3 Å². The number of halogens is 2. The van der Waals surface area contributed by atoms with Gasteiger partial charge in [0.05, 0.1) is 11.9 Å². The molecular formula is C32H44F2N4O6S. The van der Waals surface area contributed by atoms with Gasteiger partial charge in [-0.3, -0.25) is 13.9 Å². The van der Waals surface area contributed by atoms with E-state index in [0.717, 1.165) is 19.3 Å². The van der Waals surface area contributed by atoms with Gasteiger partial charge in [0.25, 0.3) is 0 Å². The lowest BCUT2D eigenvalue weighted by atomic mass is 9.72. The minimum atomic E-state index is -2.93. The molecule has 1 saturated carbocycles. The SMILES string of the molecule is COC1CCC([C@H](c2ccc(F)cc2)[C@H](NC(=O)O)C(=O)Nc2cccc(F)c2CC[C@H]2CN[C@@H]3CCCS(O)(O)N2C3)CC1. The van der Waals surface area contributed by atoms with Gasteiger partial charge in [0.1, 0.15) is 17.7 Å². The molecule has 0 radical (unpaired) electrons. The third-order valence-electron chi connectivity index (χ3n) is 9.64. The largest absolute Gasteiger partial charge is 0.465 e. The summed E-state index contributed by atoms with van der Waals surface area (Å²) in [6.45, 7) is 1.04. The van der Waals surface area contributed by atoms with Crippen LogP contribution in [-0.4, -0.2) is 80.7 Å². The molecule has 0 spiro atoms. The number of rotatable bonds is 10. The molecule has 13 heteroatoms. The number of methoxy groups -OCH3 is 1. The van der Waals surface area contributed by atoms with Gasteiger partial charge in [-0.05, 0) is 87.1 Å². The van der Waals surface area contributed by atoms with E-state index < -0.39 is 46.4 Å². The second-order valence-electron chi connectivity index (χ2n) is 12.4. The van der Waals surface area contributed by atoms with Gasteiger partial charge in [0.2, 0.25) is 5.91 Å². The molecule has 5 atom stereocenters. The number of carbonyl (C=O) groups excluding carboxylic acids is 1. The van der Waals surface area contributed by atoms with Crippen molar-refractivity contribution < 1.29 is 37.3 Å². The first-order valence-electron chi connectivity index (χ1n) is 15.7. The second kappa shape index (κ2) is 14.7. The predicted molar refractivity (Wildman–Crippen MR) is 169 cm³/mol. The number of nitrogens with zero attached hydrogens (tertiary/aromatic N) is 1. The summed E-state index contributed by atoms with van der Waals surface area (Å²) >= 11 is 0. The summed E-state index contributed by atoms with van der Waals surface area (Å²) in [5, 5.41) is 18.5. The molecule has 2 aliphatic heterocycles. The highest BCUT2D eigenvalue weighted by Crippen LogP contribution is 2.49. The molecule has 5 rings (SSSR count). The molecule has 1 aliphatic carbocycles. The third-order valence-corrected chi connectivity index (χ3v) is 11.7. The van der Waals surface area contributed by atoms with Gasteiger partial charge in [-0.2, -0.15) is 0 Å². The molecule has 248 valence electrons. The van der Waals surface area contributed by atoms with Crippen LogP contribution in [0.25, 0.3) is 0 Å². The van der Waals surface area contributed by atoms with E-state index >= 15 is 4.39 Å². The van der Waals surface area contributed by atoms with Crippen molar-refractivity contribution >= 4 is 28.5 Å².